The Morgan fingerprint density at radius 2 is 1.86 bits per heavy atom. The zero-order chi connectivity index (χ0) is 19.2. The van der Waals surface area contributed by atoms with Gasteiger partial charge in [-0.3, -0.25) is 9.59 Å². The predicted octanol–water partition coefficient (Wildman–Crippen LogP) is 0.788. The third-order valence-electron chi connectivity index (χ3n) is 4.97. The molecule has 1 aromatic rings. The van der Waals surface area contributed by atoms with Crippen molar-refractivity contribution in [2.45, 2.75) is 12.5 Å². The number of rotatable bonds is 5. The van der Waals surface area contributed by atoms with Gasteiger partial charge in [0.2, 0.25) is 5.91 Å². The number of nitrogens with zero attached hydrogens (tertiary/aromatic N) is 2. The van der Waals surface area contributed by atoms with E-state index in [-0.39, 0.29) is 30.3 Å². The van der Waals surface area contributed by atoms with Crippen molar-refractivity contribution in [3.8, 4) is 11.5 Å². The number of amides is 2. The normalized spacial score (nSPS) is 19.6. The van der Waals surface area contributed by atoms with Crippen molar-refractivity contribution in [3.63, 3.8) is 0 Å². The fourth-order valence-corrected chi connectivity index (χ4v) is 3.48. The van der Waals surface area contributed by atoms with Gasteiger partial charge >= 0.3 is 0 Å². The molecule has 2 aliphatic heterocycles. The summed E-state index contributed by atoms with van der Waals surface area (Å²) >= 11 is 0. The van der Waals surface area contributed by atoms with Crippen molar-refractivity contribution in [2.75, 3.05) is 60.2 Å². The van der Waals surface area contributed by atoms with Gasteiger partial charge in [0.1, 0.15) is 0 Å². The van der Waals surface area contributed by atoms with E-state index < -0.39 is 0 Å². The molecule has 1 unspecified atom stereocenters. The highest BCUT2D eigenvalue weighted by Crippen LogP contribution is 2.31. The molecule has 1 aromatic carbocycles. The van der Waals surface area contributed by atoms with Gasteiger partial charge in [0.05, 0.1) is 33.0 Å². The lowest BCUT2D eigenvalue weighted by Crippen LogP contribution is -2.52. The molecule has 1 atom stereocenters. The first-order chi connectivity index (χ1) is 13.1. The van der Waals surface area contributed by atoms with Crippen LogP contribution in [-0.4, -0.2) is 87.8 Å². The highest BCUT2D eigenvalue weighted by molar-refractivity contribution is 5.98. The fourth-order valence-electron chi connectivity index (χ4n) is 3.48. The highest BCUT2D eigenvalue weighted by Gasteiger charge is 2.28. The topological polar surface area (TPSA) is 80.3 Å². The second kappa shape index (κ2) is 10.5. The lowest BCUT2D eigenvalue weighted by molar-refractivity contribution is -0.133. The van der Waals surface area contributed by atoms with E-state index in [1.165, 1.54) is 7.11 Å². The van der Waals surface area contributed by atoms with E-state index in [2.05, 4.69) is 5.32 Å². The quantitative estimate of drug-likeness (QED) is 0.768. The van der Waals surface area contributed by atoms with Crippen LogP contribution in [0.1, 0.15) is 16.8 Å². The molecule has 0 saturated carbocycles. The number of halogens is 1. The number of para-hydroxylation sites is 1. The number of benzene rings is 1. The van der Waals surface area contributed by atoms with Gasteiger partial charge in [0, 0.05) is 45.2 Å². The van der Waals surface area contributed by atoms with E-state index in [1.54, 1.807) is 30.2 Å². The van der Waals surface area contributed by atoms with Crippen LogP contribution in [0.15, 0.2) is 18.2 Å². The molecule has 28 heavy (non-hydrogen) atoms. The second-order valence-corrected chi connectivity index (χ2v) is 6.64. The number of morpholine rings is 1. The Morgan fingerprint density at radius 1 is 1.14 bits per heavy atom. The first-order valence-electron chi connectivity index (χ1n) is 9.23. The minimum atomic E-state index is -0.111. The minimum absolute atomic E-state index is 0. The van der Waals surface area contributed by atoms with Crippen LogP contribution in [0.25, 0.3) is 0 Å². The monoisotopic (exact) mass is 413 g/mol. The standard InChI is InChI=1S/C19H27N3O5.ClH/c1-25-16-5-3-4-15(18(16)26-2)19(24)22-9-7-21(8-10-22)17(23)12-14-13-27-11-6-20-14;/h3-5,14,20H,6-13H2,1-2H3;1H. The van der Waals surface area contributed by atoms with E-state index in [0.29, 0.717) is 62.9 Å². The zero-order valence-electron chi connectivity index (χ0n) is 16.3. The lowest BCUT2D eigenvalue weighted by Gasteiger charge is -2.36. The van der Waals surface area contributed by atoms with Crippen molar-refractivity contribution in [1.82, 2.24) is 15.1 Å². The Balaban J connectivity index is 0.00000280. The van der Waals surface area contributed by atoms with Crippen molar-refractivity contribution in [3.05, 3.63) is 23.8 Å². The maximum Gasteiger partial charge on any atom is 0.257 e. The molecule has 0 bridgehead atoms. The van der Waals surface area contributed by atoms with Crippen molar-refractivity contribution >= 4 is 24.2 Å². The lowest BCUT2D eigenvalue weighted by atomic mass is 10.1. The molecule has 2 fully saturated rings. The number of piperazine rings is 1. The first-order valence-corrected chi connectivity index (χ1v) is 9.23. The summed E-state index contributed by atoms with van der Waals surface area (Å²) in [6, 6.07) is 5.34. The third kappa shape index (κ3) is 5.06. The van der Waals surface area contributed by atoms with Gasteiger partial charge in [-0.1, -0.05) is 6.07 Å². The van der Waals surface area contributed by atoms with Crippen LogP contribution in [0.3, 0.4) is 0 Å². The molecule has 2 aliphatic rings. The molecule has 2 amide bonds. The Hall–Kier alpha value is -2.03. The van der Waals surface area contributed by atoms with E-state index >= 15 is 0 Å². The molecule has 8 nitrogen and oxygen atoms in total. The smallest absolute Gasteiger partial charge is 0.257 e. The summed E-state index contributed by atoms with van der Waals surface area (Å²) in [7, 11) is 3.07. The van der Waals surface area contributed by atoms with Gasteiger partial charge < -0.3 is 29.3 Å². The zero-order valence-corrected chi connectivity index (χ0v) is 17.1. The SMILES string of the molecule is COc1cccc(C(=O)N2CCN(C(=O)CC3COCCN3)CC2)c1OC.Cl. The van der Waals surface area contributed by atoms with Gasteiger partial charge in [-0.2, -0.15) is 0 Å². The number of carbonyl (C=O) groups is 2. The maximum absolute atomic E-state index is 12.9. The molecule has 2 saturated heterocycles. The molecule has 3 rings (SSSR count). The number of hydrogen-bond donors (Lipinski definition) is 1. The van der Waals surface area contributed by atoms with Crippen molar-refractivity contribution < 1.29 is 23.8 Å². The summed E-state index contributed by atoms with van der Waals surface area (Å²) in [5.74, 6) is 0.954. The molecule has 9 heteroatoms. The summed E-state index contributed by atoms with van der Waals surface area (Å²) in [5, 5.41) is 3.30. The largest absolute Gasteiger partial charge is 0.493 e. The Kier molecular flexibility index (Phi) is 8.35. The van der Waals surface area contributed by atoms with Gasteiger partial charge in [-0.05, 0) is 12.1 Å². The van der Waals surface area contributed by atoms with Gasteiger partial charge in [-0.15, -0.1) is 12.4 Å². The van der Waals surface area contributed by atoms with Crippen molar-refractivity contribution in [2.24, 2.45) is 0 Å². The highest BCUT2D eigenvalue weighted by atomic mass is 35.5. The van der Waals surface area contributed by atoms with Crippen molar-refractivity contribution in [1.29, 1.82) is 0 Å². The molecule has 0 spiro atoms. The van der Waals surface area contributed by atoms with E-state index in [4.69, 9.17) is 14.2 Å². The summed E-state index contributed by atoms with van der Waals surface area (Å²) in [6.07, 6.45) is 0.428. The van der Waals surface area contributed by atoms with Gasteiger partial charge in [-0.25, -0.2) is 0 Å². The van der Waals surface area contributed by atoms with Gasteiger partial charge in [0.25, 0.3) is 5.91 Å². The Labute approximate surface area is 171 Å². The van der Waals surface area contributed by atoms with Crippen LogP contribution in [-0.2, 0) is 9.53 Å². The average Bonchev–Trinajstić information content (AvgIpc) is 2.73. The first kappa shape index (κ1) is 22.3. The van der Waals surface area contributed by atoms with Crippen LogP contribution in [0, 0.1) is 0 Å². The van der Waals surface area contributed by atoms with Crippen LogP contribution in [0.2, 0.25) is 0 Å². The number of carbonyl (C=O) groups excluding carboxylic acids is 2. The summed E-state index contributed by atoms with van der Waals surface area (Å²) < 4.78 is 16.0. The van der Waals surface area contributed by atoms with E-state index in [9.17, 15) is 9.59 Å². The predicted molar refractivity (Wildman–Crippen MR) is 107 cm³/mol. The summed E-state index contributed by atoms with van der Waals surface area (Å²) in [5.41, 5.74) is 0.472. The third-order valence-corrected chi connectivity index (χ3v) is 4.97. The van der Waals surface area contributed by atoms with Crippen LogP contribution < -0.4 is 14.8 Å². The Morgan fingerprint density at radius 3 is 2.46 bits per heavy atom. The van der Waals surface area contributed by atoms with E-state index in [1.807, 2.05) is 4.90 Å². The van der Waals surface area contributed by atoms with E-state index in [0.717, 1.165) is 6.54 Å². The number of hydrogen-bond acceptors (Lipinski definition) is 6. The number of ether oxygens (including phenoxy) is 3. The average molecular weight is 414 g/mol. The minimum Gasteiger partial charge on any atom is -0.493 e. The van der Waals surface area contributed by atoms with Crippen LogP contribution >= 0.6 is 12.4 Å². The summed E-state index contributed by atoms with van der Waals surface area (Å²) in [4.78, 5) is 29.0. The molecule has 0 aromatic heterocycles. The molecule has 2 heterocycles. The van der Waals surface area contributed by atoms with Crippen LogP contribution in [0.4, 0.5) is 0 Å². The Bertz CT molecular complexity index is 674. The van der Waals surface area contributed by atoms with Gasteiger partial charge in [0.15, 0.2) is 11.5 Å². The molecule has 0 aliphatic carbocycles. The number of nitrogens with one attached hydrogen (secondary N) is 1. The second-order valence-electron chi connectivity index (χ2n) is 6.64. The molecule has 156 valence electrons. The van der Waals surface area contributed by atoms with Crippen LogP contribution in [0.5, 0.6) is 11.5 Å². The summed E-state index contributed by atoms with van der Waals surface area (Å²) in [6.45, 7) is 4.11. The molecule has 0 radical (unpaired) electrons. The number of methoxy groups -OCH3 is 2. The maximum atomic E-state index is 12.9. The fraction of sp³-hybridized carbons (Fsp3) is 0.579. The molecule has 1 N–H and O–H groups in total. The molecular formula is C19H28ClN3O5. The molecular weight excluding hydrogens is 386 g/mol.